The Labute approximate surface area is 206 Å². The summed E-state index contributed by atoms with van der Waals surface area (Å²) in [6.07, 6.45) is 2.69. The van der Waals surface area contributed by atoms with Crippen molar-refractivity contribution in [2.45, 2.75) is 25.0 Å². The van der Waals surface area contributed by atoms with Crippen molar-refractivity contribution in [1.29, 1.82) is 0 Å². The monoisotopic (exact) mass is 496 g/mol. The molecule has 4 rings (SSSR count). The standard InChI is InChI=1S/C25H25ClN4O3S/c1-4-12-30-24(32)23-22(18(14-29(23)2)16-8-6-5-7-9-16)28-25(30)34-15-21(31)27-19-13-17(26)10-11-20(19)33-3/h5-11,13-14H,4,12,15H2,1-3H3,(H,27,31). The van der Waals surface area contributed by atoms with E-state index >= 15 is 0 Å². The highest BCUT2D eigenvalue weighted by Gasteiger charge is 2.19. The zero-order valence-electron chi connectivity index (χ0n) is 19.2. The Morgan fingerprint density at radius 3 is 2.68 bits per heavy atom. The van der Waals surface area contributed by atoms with E-state index in [1.165, 1.54) is 18.9 Å². The summed E-state index contributed by atoms with van der Waals surface area (Å²) in [5, 5.41) is 3.83. The molecule has 4 aromatic rings. The van der Waals surface area contributed by atoms with Gasteiger partial charge >= 0.3 is 0 Å². The molecule has 0 radical (unpaired) electrons. The Bertz CT molecular complexity index is 1400. The van der Waals surface area contributed by atoms with Crippen LogP contribution in [0.3, 0.4) is 0 Å². The van der Waals surface area contributed by atoms with E-state index in [-0.39, 0.29) is 17.2 Å². The smallest absolute Gasteiger partial charge is 0.278 e. The zero-order chi connectivity index (χ0) is 24.2. The Hall–Kier alpha value is -3.23. The average molecular weight is 497 g/mol. The van der Waals surface area contributed by atoms with E-state index in [4.69, 9.17) is 21.3 Å². The Morgan fingerprint density at radius 1 is 1.21 bits per heavy atom. The number of aromatic nitrogens is 3. The molecular weight excluding hydrogens is 472 g/mol. The van der Waals surface area contributed by atoms with E-state index in [1.807, 2.05) is 55.1 Å². The lowest BCUT2D eigenvalue weighted by Gasteiger charge is -2.13. The zero-order valence-corrected chi connectivity index (χ0v) is 20.7. The number of benzene rings is 2. The predicted molar refractivity (Wildman–Crippen MR) is 138 cm³/mol. The molecular formula is C25H25ClN4O3S. The number of nitrogens with zero attached hydrogens (tertiary/aromatic N) is 3. The lowest BCUT2D eigenvalue weighted by atomic mass is 10.1. The molecule has 2 aromatic carbocycles. The fourth-order valence-corrected chi connectivity index (χ4v) is 4.79. The van der Waals surface area contributed by atoms with Crippen LogP contribution in [0.4, 0.5) is 5.69 Å². The molecule has 176 valence electrons. The van der Waals surface area contributed by atoms with Crippen LogP contribution >= 0.6 is 23.4 Å². The molecule has 0 aliphatic carbocycles. The van der Waals surface area contributed by atoms with Crippen LogP contribution in [0.2, 0.25) is 5.02 Å². The highest BCUT2D eigenvalue weighted by molar-refractivity contribution is 7.99. The normalized spacial score (nSPS) is 11.1. The van der Waals surface area contributed by atoms with Gasteiger partial charge in [-0.05, 0) is 30.2 Å². The maximum Gasteiger partial charge on any atom is 0.278 e. The van der Waals surface area contributed by atoms with E-state index in [0.717, 1.165) is 17.5 Å². The van der Waals surface area contributed by atoms with Gasteiger partial charge in [0.2, 0.25) is 5.91 Å². The number of aryl methyl sites for hydroxylation is 1. The Balaban J connectivity index is 1.67. The number of hydrogen-bond acceptors (Lipinski definition) is 5. The topological polar surface area (TPSA) is 78.2 Å². The first-order valence-corrected chi connectivity index (χ1v) is 12.2. The molecule has 0 unspecified atom stereocenters. The summed E-state index contributed by atoms with van der Waals surface area (Å²) < 4.78 is 8.77. The number of carbonyl (C=O) groups is 1. The minimum Gasteiger partial charge on any atom is -0.495 e. The molecule has 0 fully saturated rings. The maximum absolute atomic E-state index is 13.4. The van der Waals surface area contributed by atoms with E-state index in [1.54, 1.807) is 22.8 Å². The largest absolute Gasteiger partial charge is 0.495 e. The quantitative estimate of drug-likeness (QED) is 0.268. The highest BCUT2D eigenvalue weighted by atomic mass is 35.5. The second-order valence-corrected chi connectivity index (χ2v) is 9.13. The molecule has 0 saturated heterocycles. The number of nitrogens with one attached hydrogen (secondary N) is 1. The number of halogens is 1. The number of hydrogen-bond donors (Lipinski definition) is 1. The molecule has 1 amide bonds. The number of ether oxygens (including phenoxy) is 1. The van der Waals surface area contributed by atoms with Gasteiger partial charge in [-0.3, -0.25) is 14.2 Å². The molecule has 7 nitrogen and oxygen atoms in total. The summed E-state index contributed by atoms with van der Waals surface area (Å²) >= 11 is 7.29. The third-order valence-electron chi connectivity index (χ3n) is 5.34. The lowest BCUT2D eigenvalue weighted by molar-refractivity contribution is -0.113. The minimum absolute atomic E-state index is 0.0742. The van der Waals surface area contributed by atoms with Crippen molar-refractivity contribution in [2.75, 3.05) is 18.2 Å². The minimum atomic E-state index is -0.251. The summed E-state index contributed by atoms with van der Waals surface area (Å²) in [6, 6.07) is 14.9. The molecule has 34 heavy (non-hydrogen) atoms. The fraction of sp³-hybridized carbons (Fsp3) is 0.240. The van der Waals surface area contributed by atoms with Crippen molar-refractivity contribution in [3.63, 3.8) is 0 Å². The number of thioether (sulfide) groups is 1. The van der Waals surface area contributed by atoms with Gasteiger partial charge in [0.25, 0.3) is 5.56 Å². The number of amides is 1. The molecule has 2 heterocycles. The SMILES string of the molecule is CCCn1c(SCC(=O)Nc2cc(Cl)ccc2OC)nc2c(-c3ccccc3)cn(C)c2c1=O. The Kier molecular flexibility index (Phi) is 7.29. The number of methoxy groups -OCH3 is 1. The van der Waals surface area contributed by atoms with Gasteiger partial charge in [0.15, 0.2) is 5.16 Å². The molecule has 0 aliphatic heterocycles. The summed E-state index contributed by atoms with van der Waals surface area (Å²) in [5.41, 5.74) is 3.42. The number of anilines is 1. The van der Waals surface area contributed by atoms with Crippen LogP contribution in [-0.2, 0) is 18.4 Å². The van der Waals surface area contributed by atoms with Crippen molar-refractivity contribution >= 4 is 46.0 Å². The number of rotatable bonds is 8. The summed E-state index contributed by atoms with van der Waals surface area (Å²) in [4.78, 5) is 31.0. The molecule has 0 aliphatic rings. The average Bonchev–Trinajstić information content (AvgIpc) is 3.17. The van der Waals surface area contributed by atoms with Crippen molar-refractivity contribution < 1.29 is 9.53 Å². The van der Waals surface area contributed by atoms with E-state index < -0.39 is 0 Å². The van der Waals surface area contributed by atoms with Gasteiger partial charge in [-0.2, -0.15) is 0 Å². The van der Waals surface area contributed by atoms with Crippen LogP contribution in [0, 0.1) is 0 Å². The number of carbonyl (C=O) groups excluding carboxylic acids is 1. The first kappa shape index (κ1) is 23.9. The molecule has 2 aromatic heterocycles. The third kappa shape index (κ3) is 4.83. The van der Waals surface area contributed by atoms with E-state index in [9.17, 15) is 9.59 Å². The van der Waals surface area contributed by atoms with Crippen LogP contribution in [0.25, 0.3) is 22.2 Å². The van der Waals surface area contributed by atoms with E-state index in [0.29, 0.717) is 39.2 Å². The molecule has 0 spiro atoms. The van der Waals surface area contributed by atoms with Gasteiger partial charge in [0.05, 0.1) is 18.6 Å². The van der Waals surface area contributed by atoms with Crippen molar-refractivity contribution in [3.8, 4) is 16.9 Å². The second kappa shape index (κ2) is 10.4. The first-order valence-electron chi connectivity index (χ1n) is 10.8. The van der Waals surface area contributed by atoms with Crippen LogP contribution in [0.1, 0.15) is 13.3 Å². The van der Waals surface area contributed by atoms with Crippen LogP contribution < -0.4 is 15.6 Å². The number of fused-ring (bicyclic) bond motifs is 1. The van der Waals surface area contributed by atoms with Crippen molar-refractivity contribution in [2.24, 2.45) is 7.05 Å². The molecule has 9 heteroatoms. The van der Waals surface area contributed by atoms with Crippen molar-refractivity contribution in [3.05, 3.63) is 70.1 Å². The maximum atomic E-state index is 13.4. The first-order chi connectivity index (χ1) is 16.4. The fourth-order valence-electron chi connectivity index (χ4n) is 3.80. The molecule has 1 N–H and O–H groups in total. The van der Waals surface area contributed by atoms with Crippen LogP contribution in [0.15, 0.2) is 64.7 Å². The lowest BCUT2D eigenvalue weighted by Crippen LogP contribution is -2.25. The predicted octanol–water partition coefficient (Wildman–Crippen LogP) is 5.20. The third-order valence-corrected chi connectivity index (χ3v) is 6.55. The van der Waals surface area contributed by atoms with Gasteiger partial charge in [-0.1, -0.05) is 60.6 Å². The molecule has 0 saturated carbocycles. The summed E-state index contributed by atoms with van der Waals surface area (Å²) in [7, 11) is 3.38. The van der Waals surface area contributed by atoms with Crippen molar-refractivity contribution in [1.82, 2.24) is 14.1 Å². The van der Waals surface area contributed by atoms with E-state index in [2.05, 4.69) is 5.32 Å². The summed E-state index contributed by atoms with van der Waals surface area (Å²) in [5.74, 6) is 0.339. The highest BCUT2D eigenvalue weighted by Crippen LogP contribution is 2.30. The van der Waals surface area contributed by atoms with Gasteiger partial charge in [0, 0.05) is 30.4 Å². The Morgan fingerprint density at radius 2 is 1.97 bits per heavy atom. The molecule has 0 atom stereocenters. The van der Waals surface area contributed by atoms with Gasteiger partial charge in [-0.15, -0.1) is 0 Å². The molecule has 0 bridgehead atoms. The van der Waals surface area contributed by atoms with Crippen LogP contribution in [-0.4, -0.2) is 32.9 Å². The second-order valence-electron chi connectivity index (χ2n) is 7.75. The van der Waals surface area contributed by atoms with Gasteiger partial charge in [0.1, 0.15) is 16.8 Å². The summed E-state index contributed by atoms with van der Waals surface area (Å²) in [6.45, 7) is 2.52. The van der Waals surface area contributed by atoms with Gasteiger partial charge < -0.3 is 14.6 Å². The van der Waals surface area contributed by atoms with Gasteiger partial charge in [-0.25, -0.2) is 4.98 Å². The van der Waals surface area contributed by atoms with Crippen LogP contribution in [0.5, 0.6) is 5.75 Å².